The van der Waals surface area contributed by atoms with Gasteiger partial charge in [0.15, 0.2) is 0 Å². The number of aryl methyl sites for hydroxylation is 1. The molecule has 0 saturated carbocycles. The van der Waals surface area contributed by atoms with Gasteiger partial charge in [-0.15, -0.1) is 0 Å². The first kappa shape index (κ1) is 14.2. The molecule has 0 radical (unpaired) electrons. The number of nitrogens with zero attached hydrogens (tertiary/aromatic N) is 1. The molecule has 0 aliphatic heterocycles. The van der Waals surface area contributed by atoms with E-state index in [0.717, 1.165) is 12.2 Å². The highest BCUT2D eigenvalue weighted by molar-refractivity contribution is 5.89. The minimum absolute atomic E-state index is 0.0987. The summed E-state index contributed by atoms with van der Waals surface area (Å²) in [4.78, 5) is 11.7. The van der Waals surface area contributed by atoms with Crippen molar-refractivity contribution in [2.45, 2.75) is 26.5 Å². The maximum absolute atomic E-state index is 11.7. The maximum Gasteiger partial charge on any atom is 0.338 e. The van der Waals surface area contributed by atoms with Gasteiger partial charge >= 0.3 is 5.97 Å². The molecule has 0 saturated heterocycles. The summed E-state index contributed by atoms with van der Waals surface area (Å²) >= 11 is 0. The zero-order chi connectivity index (χ0) is 14.5. The van der Waals surface area contributed by atoms with E-state index < -0.39 is 0 Å². The van der Waals surface area contributed by atoms with Crippen LogP contribution in [0.2, 0.25) is 0 Å². The first-order chi connectivity index (χ1) is 9.54. The van der Waals surface area contributed by atoms with E-state index >= 15 is 0 Å². The molecule has 1 aromatic heterocycles. The quantitative estimate of drug-likeness (QED) is 0.850. The Morgan fingerprint density at radius 1 is 1.25 bits per heavy atom. The van der Waals surface area contributed by atoms with Crippen LogP contribution in [0.3, 0.4) is 0 Å². The third kappa shape index (κ3) is 3.88. The normalized spacial score (nSPS) is 10.6. The summed E-state index contributed by atoms with van der Waals surface area (Å²) in [5.41, 5.74) is 2.77. The summed E-state index contributed by atoms with van der Waals surface area (Å²) in [5.74, 6) is -0.283. The lowest BCUT2D eigenvalue weighted by Gasteiger charge is -2.09. The summed E-state index contributed by atoms with van der Waals surface area (Å²) in [6.07, 6.45) is 3.99. The molecule has 0 aliphatic carbocycles. The predicted octanol–water partition coefficient (Wildman–Crippen LogP) is 3.20. The highest BCUT2D eigenvalue weighted by Gasteiger charge is 2.08. The Morgan fingerprint density at radius 3 is 2.50 bits per heavy atom. The fourth-order valence-corrected chi connectivity index (χ4v) is 1.88. The third-order valence-electron chi connectivity index (χ3n) is 2.85. The molecule has 1 N–H and O–H groups in total. The second kappa shape index (κ2) is 6.28. The van der Waals surface area contributed by atoms with Crippen molar-refractivity contribution in [1.82, 2.24) is 4.57 Å². The van der Waals surface area contributed by atoms with Gasteiger partial charge in [-0.25, -0.2) is 4.79 Å². The van der Waals surface area contributed by atoms with Crippen molar-refractivity contribution in [2.24, 2.45) is 7.05 Å². The molecule has 4 nitrogen and oxygen atoms in total. The van der Waals surface area contributed by atoms with Crippen molar-refractivity contribution < 1.29 is 9.53 Å². The fourth-order valence-electron chi connectivity index (χ4n) is 1.88. The Bertz CT molecular complexity index is 570. The highest BCUT2D eigenvalue weighted by atomic mass is 16.5. The zero-order valence-corrected chi connectivity index (χ0v) is 12.1. The number of rotatable bonds is 5. The Hall–Kier alpha value is -2.23. The summed E-state index contributed by atoms with van der Waals surface area (Å²) in [5, 5.41) is 3.32. The number of aromatic nitrogens is 1. The van der Waals surface area contributed by atoms with Crippen LogP contribution in [0, 0.1) is 0 Å². The number of hydrogen-bond donors (Lipinski definition) is 1. The lowest BCUT2D eigenvalue weighted by atomic mass is 10.2. The van der Waals surface area contributed by atoms with Gasteiger partial charge in [0.05, 0.1) is 11.7 Å². The number of esters is 1. The average Bonchev–Trinajstić information content (AvgIpc) is 2.82. The van der Waals surface area contributed by atoms with Crippen molar-refractivity contribution in [3.63, 3.8) is 0 Å². The van der Waals surface area contributed by atoms with Crippen LogP contribution in [-0.4, -0.2) is 16.6 Å². The molecule has 1 heterocycles. The number of carbonyl (C=O) groups is 1. The van der Waals surface area contributed by atoms with E-state index in [9.17, 15) is 4.79 Å². The van der Waals surface area contributed by atoms with Gasteiger partial charge in [0.1, 0.15) is 0 Å². The van der Waals surface area contributed by atoms with E-state index in [1.54, 1.807) is 12.1 Å². The topological polar surface area (TPSA) is 43.3 Å². The van der Waals surface area contributed by atoms with Gasteiger partial charge in [-0.2, -0.15) is 0 Å². The van der Waals surface area contributed by atoms with Crippen molar-refractivity contribution >= 4 is 11.7 Å². The SMILES string of the molecule is CC(C)OC(=O)c1ccc(NCc2ccn(C)c2)cc1. The van der Waals surface area contributed by atoms with Crippen molar-refractivity contribution in [2.75, 3.05) is 5.32 Å². The van der Waals surface area contributed by atoms with Gasteiger partial charge in [0.2, 0.25) is 0 Å². The minimum Gasteiger partial charge on any atom is -0.459 e. The number of nitrogens with one attached hydrogen (secondary N) is 1. The van der Waals surface area contributed by atoms with Crippen LogP contribution >= 0.6 is 0 Å². The predicted molar refractivity (Wildman–Crippen MR) is 79.7 cm³/mol. The molecule has 0 unspecified atom stereocenters. The largest absolute Gasteiger partial charge is 0.459 e. The van der Waals surface area contributed by atoms with E-state index in [4.69, 9.17) is 4.74 Å². The Balaban J connectivity index is 1.93. The summed E-state index contributed by atoms with van der Waals surface area (Å²) < 4.78 is 7.16. The first-order valence-corrected chi connectivity index (χ1v) is 6.70. The molecule has 2 rings (SSSR count). The Kier molecular flexibility index (Phi) is 4.45. The van der Waals surface area contributed by atoms with Gasteiger partial charge in [-0.3, -0.25) is 0 Å². The van der Waals surface area contributed by atoms with Crippen LogP contribution in [0.15, 0.2) is 42.7 Å². The second-order valence-electron chi connectivity index (χ2n) is 5.07. The molecule has 0 atom stereocenters. The Morgan fingerprint density at radius 2 is 1.95 bits per heavy atom. The van der Waals surface area contributed by atoms with Gasteiger partial charge in [0.25, 0.3) is 0 Å². The molecule has 0 fully saturated rings. The molecule has 20 heavy (non-hydrogen) atoms. The van der Waals surface area contributed by atoms with Crippen LogP contribution in [0.25, 0.3) is 0 Å². The molecule has 4 heteroatoms. The van der Waals surface area contributed by atoms with Crippen LogP contribution in [0.5, 0.6) is 0 Å². The van der Waals surface area contributed by atoms with Gasteiger partial charge in [-0.1, -0.05) is 0 Å². The number of hydrogen-bond acceptors (Lipinski definition) is 3. The lowest BCUT2D eigenvalue weighted by Crippen LogP contribution is -2.11. The molecule has 0 aliphatic rings. The van der Waals surface area contributed by atoms with Gasteiger partial charge in [-0.05, 0) is 49.7 Å². The smallest absolute Gasteiger partial charge is 0.338 e. The van der Waals surface area contributed by atoms with Gasteiger partial charge < -0.3 is 14.6 Å². The second-order valence-corrected chi connectivity index (χ2v) is 5.07. The van der Waals surface area contributed by atoms with Crippen LogP contribution in [0.1, 0.15) is 29.8 Å². The van der Waals surface area contributed by atoms with Crippen molar-refractivity contribution in [3.8, 4) is 0 Å². The average molecular weight is 272 g/mol. The van der Waals surface area contributed by atoms with E-state index in [0.29, 0.717) is 5.56 Å². The molecule has 0 spiro atoms. The van der Waals surface area contributed by atoms with Crippen LogP contribution < -0.4 is 5.32 Å². The lowest BCUT2D eigenvalue weighted by molar-refractivity contribution is 0.0378. The maximum atomic E-state index is 11.7. The monoisotopic (exact) mass is 272 g/mol. The number of anilines is 1. The molecule has 2 aromatic rings. The zero-order valence-electron chi connectivity index (χ0n) is 12.1. The Labute approximate surface area is 119 Å². The summed E-state index contributed by atoms with van der Waals surface area (Å²) in [7, 11) is 2.00. The molecule has 0 amide bonds. The number of benzene rings is 1. The molecular formula is C16H20N2O2. The molecule has 0 bridgehead atoms. The van der Waals surface area contributed by atoms with E-state index in [2.05, 4.69) is 17.6 Å². The van der Waals surface area contributed by atoms with Crippen molar-refractivity contribution in [3.05, 3.63) is 53.9 Å². The van der Waals surface area contributed by atoms with E-state index in [1.165, 1.54) is 5.56 Å². The minimum atomic E-state index is -0.283. The van der Waals surface area contributed by atoms with Crippen LogP contribution in [0.4, 0.5) is 5.69 Å². The summed E-state index contributed by atoms with van der Waals surface area (Å²) in [6.45, 7) is 4.44. The first-order valence-electron chi connectivity index (χ1n) is 6.70. The third-order valence-corrected chi connectivity index (χ3v) is 2.85. The fraction of sp³-hybridized carbons (Fsp3) is 0.312. The van der Waals surface area contributed by atoms with Crippen LogP contribution in [-0.2, 0) is 18.3 Å². The summed E-state index contributed by atoms with van der Waals surface area (Å²) in [6, 6.07) is 9.40. The van der Waals surface area contributed by atoms with E-state index in [1.807, 2.05) is 43.8 Å². The van der Waals surface area contributed by atoms with Gasteiger partial charge in [0, 0.05) is 31.7 Å². The standard InChI is InChI=1S/C16H20N2O2/c1-12(2)20-16(19)14-4-6-15(7-5-14)17-10-13-8-9-18(3)11-13/h4-9,11-12,17H,10H2,1-3H3. The van der Waals surface area contributed by atoms with E-state index in [-0.39, 0.29) is 12.1 Å². The molecule has 1 aromatic carbocycles. The highest BCUT2D eigenvalue weighted by Crippen LogP contribution is 2.12. The number of ether oxygens (including phenoxy) is 1. The van der Waals surface area contributed by atoms with Crippen molar-refractivity contribution in [1.29, 1.82) is 0 Å². The number of carbonyl (C=O) groups excluding carboxylic acids is 1. The molecule has 106 valence electrons. The molecular weight excluding hydrogens is 252 g/mol.